The van der Waals surface area contributed by atoms with Gasteiger partial charge in [0.1, 0.15) is 5.82 Å². The van der Waals surface area contributed by atoms with Gasteiger partial charge in [0.2, 0.25) is 0 Å². The first kappa shape index (κ1) is 19.6. The van der Waals surface area contributed by atoms with Gasteiger partial charge in [-0.05, 0) is 35.2 Å². The van der Waals surface area contributed by atoms with E-state index < -0.39 is 0 Å². The number of benzene rings is 2. The van der Waals surface area contributed by atoms with E-state index in [4.69, 9.17) is 16.4 Å². The molecule has 29 heavy (non-hydrogen) atoms. The molecule has 2 aromatic carbocycles. The van der Waals surface area contributed by atoms with Crippen LogP contribution in [0.15, 0.2) is 71.2 Å². The molecule has 0 saturated carbocycles. The van der Waals surface area contributed by atoms with Gasteiger partial charge >= 0.3 is 0 Å². The van der Waals surface area contributed by atoms with Crippen LogP contribution in [0.25, 0.3) is 0 Å². The van der Waals surface area contributed by atoms with E-state index in [1.807, 2.05) is 29.6 Å². The van der Waals surface area contributed by atoms with Crippen molar-refractivity contribution in [2.24, 2.45) is 5.16 Å². The van der Waals surface area contributed by atoms with Gasteiger partial charge in [-0.1, -0.05) is 53.2 Å². The van der Waals surface area contributed by atoms with E-state index in [1.165, 1.54) is 17.4 Å². The number of nitrogens with zero attached hydrogens (tertiary/aromatic N) is 2. The zero-order valence-corrected chi connectivity index (χ0v) is 17.0. The Hall–Kier alpha value is -2.70. The number of halogens is 2. The Bertz CT molecular complexity index is 1040. The number of rotatable bonds is 6. The molecule has 1 aliphatic heterocycles. The fraction of sp³-hybridized carbons (Fsp3) is 0.182. The minimum Gasteiger partial charge on any atom is -0.390 e. The van der Waals surface area contributed by atoms with E-state index >= 15 is 0 Å². The van der Waals surface area contributed by atoms with E-state index in [1.54, 1.807) is 35.2 Å². The number of hydrogen-bond acceptors (Lipinski definition) is 4. The van der Waals surface area contributed by atoms with Crippen molar-refractivity contribution < 1.29 is 14.0 Å². The highest BCUT2D eigenvalue weighted by Gasteiger charge is 2.28. The molecule has 0 N–H and O–H groups in total. The average Bonchev–Trinajstić information content (AvgIpc) is 3.40. The van der Waals surface area contributed by atoms with Gasteiger partial charge in [-0.25, -0.2) is 4.39 Å². The van der Waals surface area contributed by atoms with Gasteiger partial charge in [0, 0.05) is 23.6 Å². The standard InChI is InChI=1S/C22H18ClFN2O2S/c23-16-6-3-5-15(11-16)13-26(22(27)21-9-4-10-29-21)14-17-12-20(25-28-17)18-7-1-2-8-19(18)24/h1-11,17H,12-14H2. The summed E-state index contributed by atoms with van der Waals surface area (Å²) in [5.41, 5.74) is 1.91. The lowest BCUT2D eigenvalue weighted by Crippen LogP contribution is -2.37. The van der Waals surface area contributed by atoms with Gasteiger partial charge < -0.3 is 9.74 Å². The van der Waals surface area contributed by atoms with Crippen LogP contribution in [0, 0.1) is 5.82 Å². The number of hydrogen-bond donors (Lipinski definition) is 0. The monoisotopic (exact) mass is 428 g/mol. The van der Waals surface area contributed by atoms with Gasteiger partial charge in [0.15, 0.2) is 6.10 Å². The number of oxime groups is 1. The van der Waals surface area contributed by atoms with Crippen molar-refractivity contribution in [3.8, 4) is 0 Å². The third-order valence-corrected chi connectivity index (χ3v) is 5.72. The molecule has 4 nitrogen and oxygen atoms in total. The zero-order valence-electron chi connectivity index (χ0n) is 15.4. The van der Waals surface area contributed by atoms with Crippen molar-refractivity contribution in [3.05, 3.63) is 92.9 Å². The van der Waals surface area contributed by atoms with E-state index in [2.05, 4.69) is 5.16 Å². The first-order valence-corrected chi connectivity index (χ1v) is 10.4. The van der Waals surface area contributed by atoms with Crippen molar-refractivity contribution in [2.45, 2.75) is 19.1 Å². The van der Waals surface area contributed by atoms with E-state index in [-0.39, 0.29) is 17.8 Å². The lowest BCUT2D eigenvalue weighted by Gasteiger charge is -2.24. The molecule has 1 atom stereocenters. The molecule has 0 radical (unpaired) electrons. The van der Waals surface area contributed by atoms with Crippen LogP contribution < -0.4 is 0 Å². The van der Waals surface area contributed by atoms with E-state index in [9.17, 15) is 9.18 Å². The summed E-state index contributed by atoms with van der Waals surface area (Å²) in [4.78, 5) is 21.0. The fourth-order valence-corrected chi connectivity index (χ4v) is 4.16. The van der Waals surface area contributed by atoms with Gasteiger partial charge in [0.05, 0.1) is 17.1 Å². The maximum Gasteiger partial charge on any atom is 0.264 e. The number of carbonyl (C=O) groups is 1. The molecule has 0 fully saturated rings. The highest BCUT2D eigenvalue weighted by Crippen LogP contribution is 2.22. The largest absolute Gasteiger partial charge is 0.390 e. The third-order valence-electron chi connectivity index (χ3n) is 4.62. The molecule has 3 aromatic rings. The van der Waals surface area contributed by atoms with E-state index in [0.29, 0.717) is 40.7 Å². The Balaban J connectivity index is 1.50. The first-order valence-electron chi connectivity index (χ1n) is 9.15. The molecular formula is C22H18ClFN2O2S. The second-order valence-electron chi connectivity index (χ2n) is 6.74. The predicted molar refractivity (Wildman–Crippen MR) is 113 cm³/mol. The Morgan fingerprint density at radius 3 is 2.83 bits per heavy atom. The maximum absolute atomic E-state index is 14.1. The van der Waals surface area contributed by atoms with Crippen LogP contribution in [-0.4, -0.2) is 29.2 Å². The predicted octanol–water partition coefficient (Wildman–Crippen LogP) is 5.38. The zero-order chi connectivity index (χ0) is 20.2. The maximum atomic E-state index is 14.1. The molecule has 1 unspecified atom stereocenters. The minimum absolute atomic E-state index is 0.0806. The summed E-state index contributed by atoms with van der Waals surface area (Å²) in [7, 11) is 0. The summed E-state index contributed by atoms with van der Waals surface area (Å²) in [6.45, 7) is 0.733. The van der Waals surface area contributed by atoms with Crippen molar-refractivity contribution in [3.63, 3.8) is 0 Å². The average molecular weight is 429 g/mol. The molecule has 148 valence electrons. The molecule has 0 aliphatic carbocycles. The quantitative estimate of drug-likeness (QED) is 0.529. The summed E-state index contributed by atoms with van der Waals surface area (Å²) in [6.07, 6.45) is 0.0951. The smallest absolute Gasteiger partial charge is 0.264 e. The van der Waals surface area contributed by atoms with Crippen LogP contribution in [0.5, 0.6) is 0 Å². The van der Waals surface area contributed by atoms with Crippen LogP contribution >= 0.6 is 22.9 Å². The summed E-state index contributed by atoms with van der Waals surface area (Å²) in [5, 5.41) is 6.55. The van der Waals surface area contributed by atoms with Gasteiger partial charge in [-0.3, -0.25) is 4.79 Å². The molecule has 1 aliphatic rings. The topological polar surface area (TPSA) is 41.9 Å². The third kappa shape index (κ3) is 4.66. The molecule has 0 spiro atoms. The summed E-state index contributed by atoms with van der Waals surface area (Å²) in [5.74, 6) is -0.413. The molecule has 2 heterocycles. The summed E-state index contributed by atoms with van der Waals surface area (Å²) < 4.78 is 14.1. The lowest BCUT2D eigenvalue weighted by atomic mass is 10.0. The summed E-state index contributed by atoms with van der Waals surface area (Å²) >= 11 is 7.49. The Labute approximate surface area is 177 Å². The van der Waals surface area contributed by atoms with E-state index in [0.717, 1.165) is 5.56 Å². The molecule has 1 aromatic heterocycles. The lowest BCUT2D eigenvalue weighted by molar-refractivity contribution is 0.0408. The normalized spacial score (nSPS) is 15.7. The minimum atomic E-state index is -0.340. The Morgan fingerprint density at radius 2 is 2.07 bits per heavy atom. The highest BCUT2D eigenvalue weighted by molar-refractivity contribution is 7.12. The highest BCUT2D eigenvalue weighted by atomic mass is 35.5. The van der Waals surface area contributed by atoms with Crippen molar-refractivity contribution in [2.75, 3.05) is 6.54 Å². The van der Waals surface area contributed by atoms with Gasteiger partial charge in [0.25, 0.3) is 5.91 Å². The Morgan fingerprint density at radius 1 is 1.21 bits per heavy atom. The Kier molecular flexibility index (Phi) is 5.92. The fourth-order valence-electron chi connectivity index (χ4n) is 3.26. The van der Waals surface area contributed by atoms with Crippen LogP contribution in [-0.2, 0) is 11.4 Å². The van der Waals surface area contributed by atoms with Crippen LogP contribution in [0.4, 0.5) is 4.39 Å². The number of amides is 1. The second kappa shape index (κ2) is 8.76. The van der Waals surface area contributed by atoms with Crippen molar-refractivity contribution >= 4 is 34.6 Å². The molecule has 1 amide bonds. The summed E-state index contributed by atoms with van der Waals surface area (Å²) in [6, 6.07) is 17.6. The molecule has 0 saturated heterocycles. The molecular weight excluding hydrogens is 411 g/mol. The van der Waals surface area contributed by atoms with Crippen molar-refractivity contribution in [1.82, 2.24) is 4.90 Å². The van der Waals surface area contributed by atoms with Crippen LogP contribution in [0.2, 0.25) is 5.02 Å². The van der Waals surface area contributed by atoms with Crippen LogP contribution in [0.3, 0.4) is 0 Å². The number of carbonyl (C=O) groups excluding carboxylic acids is 1. The molecule has 0 bridgehead atoms. The SMILES string of the molecule is O=C(c1cccs1)N(Cc1cccc(Cl)c1)CC1CC(c2ccccc2F)=NO1. The van der Waals surface area contributed by atoms with Gasteiger partial charge in [-0.2, -0.15) is 0 Å². The van der Waals surface area contributed by atoms with Crippen molar-refractivity contribution in [1.29, 1.82) is 0 Å². The van der Waals surface area contributed by atoms with Crippen LogP contribution in [0.1, 0.15) is 27.2 Å². The molecule has 7 heteroatoms. The van der Waals surface area contributed by atoms with Gasteiger partial charge in [-0.15, -0.1) is 11.3 Å². The first-order chi connectivity index (χ1) is 14.1. The number of thiophene rings is 1. The molecule has 4 rings (SSSR count). The second-order valence-corrected chi connectivity index (χ2v) is 8.13.